The van der Waals surface area contributed by atoms with E-state index in [9.17, 15) is 0 Å². The summed E-state index contributed by atoms with van der Waals surface area (Å²) in [6.45, 7) is 0. The summed E-state index contributed by atoms with van der Waals surface area (Å²) in [6, 6.07) is 0. The van der Waals surface area contributed by atoms with Crippen molar-refractivity contribution in [1.82, 2.24) is 15.0 Å². The molecule has 0 aliphatic carbocycles. The van der Waals surface area contributed by atoms with Crippen LogP contribution >= 0.6 is 0 Å². The van der Waals surface area contributed by atoms with Gasteiger partial charge in [-0.1, -0.05) is 0 Å². The molecule has 6 heteroatoms. The van der Waals surface area contributed by atoms with Gasteiger partial charge in [0.2, 0.25) is 12.4 Å². The lowest BCUT2D eigenvalue weighted by Crippen LogP contribution is -2.10. The second kappa shape index (κ2) is 3.08. The van der Waals surface area contributed by atoms with E-state index in [2.05, 4.69) is 15.0 Å². The second-order valence-corrected chi connectivity index (χ2v) is 1.47. The summed E-state index contributed by atoms with van der Waals surface area (Å²) in [5.74, 6) is 0.0324. The first-order valence-corrected chi connectivity index (χ1v) is 2.60. The largest absolute Gasteiger partial charge is 0.255 e. The van der Waals surface area contributed by atoms with Crippen molar-refractivity contribution in [2.45, 2.75) is 0 Å². The number of hydrogen-bond acceptors (Lipinski definition) is 6. The van der Waals surface area contributed by atoms with Crippen molar-refractivity contribution in [2.24, 2.45) is 0 Å². The Hall–Kier alpha value is -2.21. The minimum atomic E-state index is 0.0324. The van der Waals surface area contributed by atoms with Crippen LogP contribution in [0.1, 0.15) is 0 Å². The summed E-state index contributed by atoms with van der Waals surface area (Å²) >= 11 is 0. The molecule has 11 heavy (non-hydrogen) atoms. The van der Waals surface area contributed by atoms with Crippen molar-refractivity contribution < 1.29 is 0 Å². The number of anilines is 1. The first kappa shape index (κ1) is 6.90. The molecule has 0 spiro atoms. The fourth-order valence-corrected chi connectivity index (χ4v) is 0.460. The number of rotatable bonds is 1. The van der Waals surface area contributed by atoms with E-state index >= 15 is 0 Å². The van der Waals surface area contributed by atoms with Gasteiger partial charge in [0.25, 0.3) is 5.95 Å². The van der Waals surface area contributed by atoms with Crippen LogP contribution in [0, 0.1) is 22.9 Å². The van der Waals surface area contributed by atoms with E-state index in [1.165, 1.54) is 12.7 Å². The summed E-state index contributed by atoms with van der Waals surface area (Å²) in [4.78, 5) is 11.4. The Bertz CT molecular complexity index is 292. The van der Waals surface area contributed by atoms with Crippen LogP contribution < -0.4 is 4.90 Å². The van der Waals surface area contributed by atoms with E-state index in [-0.39, 0.29) is 5.95 Å². The summed E-state index contributed by atoms with van der Waals surface area (Å²) in [5, 5.41) is 16.7. The Labute approximate surface area is 62.4 Å². The molecule has 1 rings (SSSR count). The quantitative estimate of drug-likeness (QED) is 0.397. The summed E-state index contributed by atoms with van der Waals surface area (Å²) in [7, 11) is 0. The highest BCUT2D eigenvalue weighted by molar-refractivity contribution is 5.40. The van der Waals surface area contributed by atoms with E-state index in [4.69, 9.17) is 10.5 Å². The minimum absolute atomic E-state index is 0.0324. The van der Waals surface area contributed by atoms with Crippen molar-refractivity contribution in [1.29, 1.82) is 10.5 Å². The number of aromatic nitrogens is 3. The standard InChI is InChI=1S/C5H2N6/c6-1-11(2-7)5-9-3-8-4-10-5/h3-4H. The fourth-order valence-electron chi connectivity index (χ4n) is 0.460. The zero-order chi connectivity index (χ0) is 8.10. The van der Waals surface area contributed by atoms with Crippen LogP contribution in [0.5, 0.6) is 0 Å². The predicted molar refractivity (Wildman–Crippen MR) is 33.5 cm³/mol. The minimum Gasteiger partial charge on any atom is -0.225 e. The third kappa shape index (κ3) is 1.37. The van der Waals surface area contributed by atoms with E-state index < -0.39 is 0 Å². The van der Waals surface area contributed by atoms with Gasteiger partial charge in [-0.15, -0.1) is 4.90 Å². The maximum absolute atomic E-state index is 8.33. The van der Waals surface area contributed by atoms with Crippen molar-refractivity contribution in [3.05, 3.63) is 12.7 Å². The summed E-state index contributed by atoms with van der Waals surface area (Å²) in [6.07, 6.45) is 5.60. The average molecular weight is 146 g/mol. The lowest BCUT2D eigenvalue weighted by Gasteiger charge is -1.98. The highest BCUT2D eigenvalue weighted by Crippen LogP contribution is 1.98. The molecular weight excluding hydrogens is 144 g/mol. The van der Waals surface area contributed by atoms with Gasteiger partial charge in [0.05, 0.1) is 0 Å². The molecule has 0 radical (unpaired) electrons. The third-order valence-electron chi connectivity index (χ3n) is 0.880. The molecule has 0 aliphatic rings. The smallest absolute Gasteiger partial charge is 0.225 e. The third-order valence-corrected chi connectivity index (χ3v) is 0.880. The molecule has 0 saturated heterocycles. The molecule has 0 aliphatic heterocycles. The van der Waals surface area contributed by atoms with Gasteiger partial charge in [-0.2, -0.15) is 20.5 Å². The molecule has 0 amide bonds. The molecule has 6 nitrogen and oxygen atoms in total. The molecule has 1 heterocycles. The van der Waals surface area contributed by atoms with E-state index in [1.807, 2.05) is 0 Å². The molecule has 1 aromatic rings. The Morgan fingerprint density at radius 1 is 1.18 bits per heavy atom. The average Bonchev–Trinajstić information content (AvgIpc) is 2.09. The molecular formula is C5H2N6. The van der Waals surface area contributed by atoms with Crippen LogP contribution in [0.2, 0.25) is 0 Å². The topological polar surface area (TPSA) is 89.5 Å². The molecule has 0 N–H and O–H groups in total. The highest BCUT2D eigenvalue weighted by Gasteiger charge is 2.04. The van der Waals surface area contributed by atoms with Gasteiger partial charge < -0.3 is 0 Å². The first-order chi connectivity index (χ1) is 5.38. The zero-order valence-electron chi connectivity index (χ0n) is 5.34. The maximum Gasteiger partial charge on any atom is 0.255 e. The monoisotopic (exact) mass is 146 g/mol. The molecule has 0 bridgehead atoms. The second-order valence-electron chi connectivity index (χ2n) is 1.47. The molecule has 52 valence electrons. The van der Waals surface area contributed by atoms with Gasteiger partial charge in [-0.25, -0.2) is 4.98 Å². The van der Waals surface area contributed by atoms with Gasteiger partial charge in [0.1, 0.15) is 12.7 Å². The van der Waals surface area contributed by atoms with E-state index in [0.717, 1.165) is 0 Å². The van der Waals surface area contributed by atoms with Crippen LogP contribution in [0.15, 0.2) is 12.7 Å². The maximum atomic E-state index is 8.33. The number of nitrogens with zero attached hydrogens (tertiary/aromatic N) is 6. The number of hydrogen-bond donors (Lipinski definition) is 0. The van der Waals surface area contributed by atoms with Crippen molar-refractivity contribution in [3.8, 4) is 12.4 Å². The lowest BCUT2D eigenvalue weighted by molar-refractivity contribution is 1.01. The lowest BCUT2D eigenvalue weighted by atomic mass is 10.8. The molecule has 0 unspecified atom stereocenters. The highest BCUT2D eigenvalue weighted by atomic mass is 15.2. The van der Waals surface area contributed by atoms with Crippen LogP contribution in [-0.4, -0.2) is 15.0 Å². The van der Waals surface area contributed by atoms with E-state index in [0.29, 0.717) is 4.90 Å². The molecule has 0 aromatic carbocycles. The number of nitriles is 2. The Morgan fingerprint density at radius 2 is 1.73 bits per heavy atom. The normalized spacial score (nSPS) is 7.82. The van der Waals surface area contributed by atoms with Gasteiger partial charge in [0.15, 0.2) is 0 Å². The first-order valence-electron chi connectivity index (χ1n) is 2.60. The van der Waals surface area contributed by atoms with Crippen LogP contribution in [-0.2, 0) is 0 Å². The van der Waals surface area contributed by atoms with Gasteiger partial charge >= 0.3 is 0 Å². The predicted octanol–water partition coefficient (Wildman–Crippen LogP) is -0.360. The molecule has 0 fully saturated rings. The van der Waals surface area contributed by atoms with Crippen LogP contribution in [0.4, 0.5) is 5.95 Å². The summed E-state index contributed by atoms with van der Waals surface area (Å²) in [5.41, 5.74) is 0. The van der Waals surface area contributed by atoms with E-state index in [1.54, 1.807) is 12.4 Å². The van der Waals surface area contributed by atoms with Crippen molar-refractivity contribution >= 4 is 5.95 Å². The fraction of sp³-hybridized carbons (Fsp3) is 0. The molecule has 0 saturated carbocycles. The Kier molecular flexibility index (Phi) is 1.94. The molecule has 1 aromatic heterocycles. The van der Waals surface area contributed by atoms with Crippen molar-refractivity contribution in [2.75, 3.05) is 4.90 Å². The Balaban J connectivity index is 2.96. The van der Waals surface area contributed by atoms with Gasteiger partial charge in [-0.3, -0.25) is 0 Å². The Morgan fingerprint density at radius 3 is 2.18 bits per heavy atom. The zero-order valence-corrected chi connectivity index (χ0v) is 5.34. The SMILES string of the molecule is N#CN(C#N)c1ncncn1. The summed E-state index contributed by atoms with van der Waals surface area (Å²) < 4.78 is 0. The van der Waals surface area contributed by atoms with Crippen LogP contribution in [0.25, 0.3) is 0 Å². The van der Waals surface area contributed by atoms with Gasteiger partial charge in [-0.05, 0) is 0 Å². The molecule has 0 atom stereocenters. The van der Waals surface area contributed by atoms with Crippen molar-refractivity contribution in [3.63, 3.8) is 0 Å². The van der Waals surface area contributed by atoms with Gasteiger partial charge in [0, 0.05) is 0 Å². The van der Waals surface area contributed by atoms with Crippen LogP contribution in [0.3, 0.4) is 0 Å².